The van der Waals surface area contributed by atoms with Gasteiger partial charge in [-0.2, -0.15) is 13.2 Å². The molecule has 470 valence electrons. The van der Waals surface area contributed by atoms with Crippen LogP contribution < -0.4 is 0 Å². The van der Waals surface area contributed by atoms with Crippen molar-refractivity contribution in [3.63, 3.8) is 0 Å². The van der Waals surface area contributed by atoms with Gasteiger partial charge in [0.2, 0.25) is 0 Å². The zero-order valence-corrected chi connectivity index (χ0v) is 53.6. The molecule has 0 saturated heterocycles. The summed E-state index contributed by atoms with van der Waals surface area (Å²) in [6.45, 7) is 0. The third kappa shape index (κ3) is 9.05. The number of hydrogen-bond donors (Lipinski definition) is 0. The summed E-state index contributed by atoms with van der Waals surface area (Å²) in [4.78, 5) is 11.3. The predicted molar refractivity (Wildman–Crippen MR) is 407 cm³/mol. The minimum absolute atomic E-state index is 0.509. The van der Waals surface area contributed by atoms with Crippen molar-refractivity contribution in [1.82, 2.24) is 28.2 Å². The normalized spacial score (nSPS) is 12.2. The van der Waals surface area contributed by atoms with Crippen LogP contribution in [0.4, 0.5) is 13.2 Å². The molecule has 9 heteroatoms. The highest BCUT2D eigenvalue weighted by Crippen LogP contribution is 2.45. The molecule has 0 bridgehead atoms. The van der Waals surface area contributed by atoms with Crippen LogP contribution in [0.15, 0.2) is 334 Å². The summed E-state index contributed by atoms with van der Waals surface area (Å²) in [6.07, 6.45) is -4.46. The first-order chi connectivity index (χ1) is 49.2. The summed E-state index contributed by atoms with van der Waals surface area (Å²) < 4.78 is 51.3. The molecule has 6 nitrogen and oxygen atoms in total. The van der Waals surface area contributed by atoms with Crippen LogP contribution in [-0.4, -0.2) is 28.2 Å². The molecule has 20 rings (SSSR count). The minimum Gasteiger partial charge on any atom is -0.309 e. The number of nitrogens with zero attached hydrogens (tertiary/aromatic N) is 6. The Bertz CT molecular complexity index is 6460. The van der Waals surface area contributed by atoms with E-state index >= 15 is 0 Å². The highest BCUT2D eigenvalue weighted by molar-refractivity contribution is 6.16. The van der Waals surface area contributed by atoms with Crippen molar-refractivity contribution in [3.8, 4) is 78.8 Å². The molecule has 0 unspecified atom stereocenters. The molecule has 0 amide bonds. The van der Waals surface area contributed by atoms with E-state index in [1.54, 1.807) is 0 Å². The van der Waals surface area contributed by atoms with Crippen LogP contribution >= 0.6 is 0 Å². The van der Waals surface area contributed by atoms with Crippen LogP contribution in [-0.2, 0) is 6.18 Å². The number of rotatable bonds is 9. The van der Waals surface area contributed by atoms with E-state index in [2.05, 4.69) is 291 Å². The minimum atomic E-state index is -4.46. The van der Waals surface area contributed by atoms with Gasteiger partial charge in [0, 0.05) is 82.4 Å². The van der Waals surface area contributed by atoms with Gasteiger partial charge in [0.1, 0.15) is 0 Å². The Morgan fingerprint density at radius 1 is 0.230 bits per heavy atom. The molecule has 0 fully saturated rings. The number of alkyl halides is 3. The van der Waals surface area contributed by atoms with E-state index in [0.29, 0.717) is 17.1 Å². The summed E-state index contributed by atoms with van der Waals surface area (Å²) in [7, 11) is 0. The lowest BCUT2D eigenvalue weighted by Crippen LogP contribution is -2.04. The molecule has 20 aromatic rings. The van der Waals surface area contributed by atoms with Gasteiger partial charge in [0.25, 0.3) is 0 Å². The maximum absolute atomic E-state index is 13.9. The molecule has 0 aliphatic rings. The Balaban J connectivity index is 0.830. The van der Waals surface area contributed by atoms with E-state index in [9.17, 15) is 13.2 Å². The lowest BCUT2D eigenvalue weighted by molar-refractivity contribution is -0.137. The lowest BCUT2D eigenvalue weighted by atomic mass is 9.96. The monoisotopic (exact) mass is 1290 g/mol. The number of halogens is 3. The van der Waals surface area contributed by atoms with Gasteiger partial charge in [-0.15, -0.1) is 0 Å². The topological polar surface area (TPSA) is 45.5 Å². The van der Waals surface area contributed by atoms with Gasteiger partial charge in [-0.25, -0.2) is 9.97 Å². The zero-order valence-electron chi connectivity index (χ0n) is 53.6. The third-order valence-electron chi connectivity index (χ3n) is 20.3. The average Bonchev–Trinajstić information content (AvgIpc) is 1.59. The Kier molecular flexibility index (Phi) is 12.7. The molecule has 0 saturated carbocycles. The van der Waals surface area contributed by atoms with E-state index in [1.807, 2.05) is 36.4 Å². The molecule has 0 N–H and O–H groups in total. The van der Waals surface area contributed by atoms with Gasteiger partial charge in [-0.3, -0.25) is 0 Å². The standard InChI is InChI=1S/C91H55F3N6/c92-91(93,94)65-41-34-56(35-42-65)58-19-17-20-63(48-58)89-88-70-25-8-7-18-57(70)38-45-79(88)95-90(96-89)64-49-68(99-80-30-13-9-26-71(80)75-43-36-61(53-86(75)99)59-39-46-84-77(51-59)73-28-11-15-32-82(73)97(84)66-21-3-1-4-22-66)55-69(50-64)100-81-31-14-10-27-72(81)76-44-37-62(54-87(76)100)60-40-47-85-78(52-60)74-29-12-16-33-83(74)98(85)67-23-5-2-6-24-67/h1-55H. The van der Waals surface area contributed by atoms with E-state index in [0.717, 1.165) is 161 Å². The quantitative estimate of drug-likeness (QED) is 0.135. The van der Waals surface area contributed by atoms with Crippen molar-refractivity contribution in [1.29, 1.82) is 0 Å². The van der Waals surface area contributed by atoms with Gasteiger partial charge >= 0.3 is 6.18 Å². The summed E-state index contributed by atoms with van der Waals surface area (Å²) in [6, 6.07) is 116. The largest absolute Gasteiger partial charge is 0.416 e. The van der Waals surface area contributed by atoms with E-state index in [1.165, 1.54) is 33.7 Å². The first-order valence-electron chi connectivity index (χ1n) is 33.6. The smallest absolute Gasteiger partial charge is 0.309 e. The van der Waals surface area contributed by atoms with Crippen molar-refractivity contribution in [2.45, 2.75) is 6.18 Å². The molecule has 15 aromatic carbocycles. The van der Waals surface area contributed by atoms with Crippen LogP contribution in [0.2, 0.25) is 0 Å². The molecule has 5 aromatic heterocycles. The number of fused-ring (bicyclic) bond motifs is 15. The molecule has 0 atom stereocenters. The van der Waals surface area contributed by atoms with Gasteiger partial charge in [0.15, 0.2) is 5.82 Å². The average molecular weight is 1290 g/mol. The van der Waals surface area contributed by atoms with E-state index in [-0.39, 0.29) is 0 Å². The SMILES string of the molecule is FC(F)(F)c1ccc(-c2cccc(-c3nc(-c4cc(-n5c6ccccc6c6ccc(-c7ccc8c(c7)c7ccccc7n8-c7ccccc7)cc65)cc(-n5c6ccccc6c6ccc(-c7ccc8c(c7)c7ccccc7n8-c7ccccc7)cc65)c4)nc4ccc5ccccc5c34)c2)cc1. The Hall–Kier alpha value is -13.1. The van der Waals surface area contributed by atoms with Crippen LogP contribution in [0, 0.1) is 0 Å². The fourth-order valence-corrected chi connectivity index (χ4v) is 15.8. The van der Waals surface area contributed by atoms with Crippen LogP contribution in [0.3, 0.4) is 0 Å². The number of para-hydroxylation sites is 6. The molecule has 0 radical (unpaired) electrons. The summed E-state index contributed by atoms with van der Waals surface area (Å²) in [5, 5.41) is 12.1. The number of aromatic nitrogens is 6. The second-order valence-electron chi connectivity index (χ2n) is 26.0. The van der Waals surface area contributed by atoms with Crippen molar-refractivity contribution in [2.24, 2.45) is 0 Å². The first kappa shape index (κ1) is 57.2. The van der Waals surface area contributed by atoms with Gasteiger partial charge in [-0.05, 0) is 172 Å². The van der Waals surface area contributed by atoms with Crippen molar-refractivity contribution >= 4 is 109 Å². The fourth-order valence-electron chi connectivity index (χ4n) is 15.8. The van der Waals surface area contributed by atoms with Crippen molar-refractivity contribution in [2.75, 3.05) is 0 Å². The first-order valence-corrected chi connectivity index (χ1v) is 33.6. The van der Waals surface area contributed by atoms with Crippen molar-refractivity contribution < 1.29 is 13.2 Å². The van der Waals surface area contributed by atoms with E-state index in [4.69, 9.17) is 9.97 Å². The van der Waals surface area contributed by atoms with E-state index < -0.39 is 11.7 Å². The number of hydrogen-bond acceptors (Lipinski definition) is 2. The third-order valence-corrected chi connectivity index (χ3v) is 20.3. The maximum Gasteiger partial charge on any atom is 0.416 e. The van der Waals surface area contributed by atoms with Gasteiger partial charge < -0.3 is 18.3 Å². The Labute approximate surface area is 571 Å². The summed E-state index contributed by atoms with van der Waals surface area (Å²) in [5.41, 5.74) is 20.9. The van der Waals surface area contributed by atoms with Gasteiger partial charge in [-0.1, -0.05) is 206 Å². The van der Waals surface area contributed by atoms with Crippen molar-refractivity contribution in [3.05, 3.63) is 339 Å². The molecule has 0 aliphatic heterocycles. The van der Waals surface area contributed by atoms with Crippen LogP contribution in [0.1, 0.15) is 5.56 Å². The highest BCUT2D eigenvalue weighted by Gasteiger charge is 2.30. The lowest BCUT2D eigenvalue weighted by Gasteiger charge is -2.17. The van der Waals surface area contributed by atoms with Gasteiger partial charge in [0.05, 0.1) is 60.9 Å². The summed E-state index contributed by atoms with van der Waals surface area (Å²) >= 11 is 0. The number of benzene rings is 15. The highest BCUT2D eigenvalue weighted by atomic mass is 19.4. The maximum atomic E-state index is 13.9. The molecule has 5 heterocycles. The molecule has 100 heavy (non-hydrogen) atoms. The molecular formula is C91H55F3N6. The second kappa shape index (κ2) is 22.2. The summed E-state index contributed by atoms with van der Waals surface area (Å²) in [5.74, 6) is 0.509. The predicted octanol–water partition coefficient (Wildman–Crippen LogP) is 24.5. The van der Waals surface area contributed by atoms with Crippen LogP contribution in [0.5, 0.6) is 0 Å². The molecule has 0 aliphatic carbocycles. The Morgan fingerprint density at radius 2 is 0.630 bits per heavy atom. The second-order valence-corrected chi connectivity index (χ2v) is 26.0. The Morgan fingerprint density at radius 3 is 1.15 bits per heavy atom. The molecular weight excluding hydrogens is 1230 g/mol. The zero-order chi connectivity index (χ0) is 66.3. The molecule has 0 spiro atoms. The van der Waals surface area contributed by atoms with Crippen LogP contribution in [0.25, 0.3) is 188 Å². The fraction of sp³-hybridized carbons (Fsp3) is 0.0110.